The normalized spacial score (nSPS) is 18.4. The van der Waals surface area contributed by atoms with Crippen molar-refractivity contribution in [3.05, 3.63) is 17.8 Å². The predicted octanol–water partition coefficient (Wildman–Crippen LogP) is 3.56. The number of ether oxygens (including phenoxy) is 2. The molecule has 0 bridgehead atoms. The molecule has 1 aliphatic carbocycles. The van der Waals surface area contributed by atoms with Crippen LogP contribution in [-0.2, 0) is 16.6 Å². The van der Waals surface area contributed by atoms with Gasteiger partial charge in [0.15, 0.2) is 11.5 Å². The van der Waals surface area contributed by atoms with Crippen LogP contribution in [0.25, 0.3) is 11.4 Å². The Morgan fingerprint density at radius 3 is 2.84 bits per heavy atom. The van der Waals surface area contributed by atoms with E-state index in [4.69, 9.17) is 9.47 Å². The van der Waals surface area contributed by atoms with E-state index in [1.807, 2.05) is 13.8 Å². The molecule has 10 heteroatoms. The van der Waals surface area contributed by atoms with Crippen molar-refractivity contribution in [1.82, 2.24) is 20.0 Å². The largest absolute Gasteiger partial charge is 0.489 e. The number of amides is 1. The highest BCUT2D eigenvalue weighted by Gasteiger charge is 2.28. The summed E-state index contributed by atoms with van der Waals surface area (Å²) in [7, 11) is 1.67. The molecule has 3 rings (SSSR count). The van der Waals surface area contributed by atoms with Crippen molar-refractivity contribution in [2.24, 2.45) is 13.0 Å². The number of aryl methyl sites for hydroxylation is 2. The maximum absolute atomic E-state index is 12.1. The average molecular weight is 431 g/mol. The summed E-state index contributed by atoms with van der Waals surface area (Å²) in [5, 5.41) is 20.1. The van der Waals surface area contributed by atoms with Gasteiger partial charge in [0.25, 0.3) is 0 Å². The van der Waals surface area contributed by atoms with Crippen LogP contribution in [-0.4, -0.2) is 49.9 Å². The fraction of sp³-hybridized carbons (Fsp3) is 0.571. The monoisotopic (exact) mass is 431 g/mol. The Kier molecular flexibility index (Phi) is 7.43. The molecule has 31 heavy (non-hydrogen) atoms. The van der Waals surface area contributed by atoms with Crippen molar-refractivity contribution in [3.8, 4) is 17.1 Å². The maximum Gasteiger partial charge on any atom is 0.412 e. The summed E-state index contributed by atoms with van der Waals surface area (Å²) in [6.45, 7) is 4.18. The third kappa shape index (κ3) is 5.71. The number of carbonyl (C=O) groups is 2. The van der Waals surface area contributed by atoms with Gasteiger partial charge in [-0.15, -0.1) is 5.10 Å². The molecule has 0 aromatic carbocycles. The van der Waals surface area contributed by atoms with E-state index in [2.05, 4.69) is 20.6 Å². The van der Waals surface area contributed by atoms with Crippen molar-refractivity contribution < 1.29 is 24.2 Å². The highest BCUT2D eigenvalue weighted by atomic mass is 16.5. The molecular weight excluding hydrogens is 402 g/mol. The zero-order valence-corrected chi connectivity index (χ0v) is 18.1. The van der Waals surface area contributed by atoms with Crippen molar-refractivity contribution in [2.45, 2.75) is 58.5 Å². The molecule has 1 saturated carbocycles. The van der Waals surface area contributed by atoms with E-state index >= 15 is 0 Å². The van der Waals surface area contributed by atoms with E-state index in [0.717, 1.165) is 25.7 Å². The minimum absolute atomic E-state index is 0.146. The molecule has 0 unspecified atom stereocenters. The van der Waals surface area contributed by atoms with Crippen LogP contribution in [0.5, 0.6) is 5.75 Å². The Morgan fingerprint density at radius 2 is 2.13 bits per heavy atom. The van der Waals surface area contributed by atoms with Crippen LogP contribution in [0.1, 0.15) is 51.1 Å². The van der Waals surface area contributed by atoms with E-state index in [0.29, 0.717) is 48.1 Å². The Labute approximate surface area is 181 Å². The molecule has 168 valence electrons. The first-order chi connectivity index (χ1) is 14.9. The number of unbranched alkanes of at least 4 members (excludes halogenated alkanes) is 1. The summed E-state index contributed by atoms with van der Waals surface area (Å²) in [4.78, 5) is 27.9. The molecule has 2 aromatic rings. The topological polar surface area (TPSA) is 128 Å². The second-order valence-corrected chi connectivity index (χ2v) is 7.75. The van der Waals surface area contributed by atoms with E-state index < -0.39 is 12.1 Å². The van der Waals surface area contributed by atoms with Gasteiger partial charge in [0.1, 0.15) is 5.75 Å². The molecule has 0 radical (unpaired) electrons. The van der Waals surface area contributed by atoms with Crippen molar-refractivity contribution >= 4 is 17.9 Å². The lowest BCUT2D eigenvalue weighted by atomic mass is 9.87. The minimum Gasteiger partial charge on any atom is -0.489 e. The number of aromatic nitrogens is 4. The van der Waals surface area contributed by atoms with Gasteiger partial charge in [-0.3, -0.25) is 10.1 Å². The molecule has 1 fully saturated rings. The number of nitrogens with one attached hydrogen (secondary N) is 1. The van der Waals surface area contributed by atoms with Gasteiger partial charge in [-0.05, 0) is 51.2 Å². The SMILES string of the molecule is CCCCOC(=O)Nc1c(-c2ccc(O[C@H]3CCC[C@H](C(=O)O)C3)c(C)n2)nnn1C. The molecule has 2 heterocycles. The van der Waals surface area contributed by atoms with Crippen molar-refractivity contribution in [1.29, 1.82) is 0 Å². The lowest BCUT2D eigenvalue weighted by Crippen LogP contribution is -2.29. The maximum atomic E-state index is 12.1. The summed E-state index contributed by atoms with van der Waals surface area (Å²) in [5.41, 5.74) is 1.61. The fourth-order valence-corrected chi connectivity index (χ4v) is 3.57. The summed E-state index contributed by atoms with van der Waals surface area (Å²) >= 11 is 0. The number of rotatable bonds is 8. The zero-order chi connectivity index (χ0) is 22.4. The number of anilines is 1. The van der Waals surface area contributed by atoms with Crippen molar-refractivity contribution in [2.75, 3.05) is 11.9 Å². The smallest absolute Gasteiger partial charge is 0.412 e. The van der Waals surface area contributed by atoms with Crippen LogP contribution in [0.4, 0.5) is 10.6 Å². The summed E-state index contributed by atoms with van der Waals surface area (Å²) < 4.78 is 12.7. The summed E-state index contributed by atoms with van der Waals surface area (Å²) in [6.07, 6.45) is 3.85. The fourth-order valence-electron chi connectivity index (χ4n) is 3.57. The number of aliphatic carboxylic acids is 1. The van der Waals surface area contributed by atoms with E-state index in [1.54, 1.807) is 19.2 Å². The molecule has 1 amide bonds. The van der Waals surface area contributed by atoms with Crippen molar-refractivity contribution in [3.63, 3.8) is 0 Å². The summed E-state index contributed by atoms with van der Waals surface area (Å²) in [5.74, 6) is -0.137. The van der Waals surface area contributed by atoms with Gasteiger partial charge >= 0.3 is 12.1 Å². The van der Waals surface area contributed by atoms with E-state index in [-0.39, 0.29) is 12.0 Å². The van der Waals surface area contributed by atoms with Crippen LogP contribution in [0.15, 0.2) is 12.1 Å². The lowest BCUT2D eigenvalue weighted by molar-refractivity contribution is -0.143. The van der Waals surface area contributed by atoms with Gasteiger partial charge < -0.3 is 14.6 Å². The van der Waals surface area contributed by atoms with Gasteiger partial charge in [0.2, 0.25) is 0 Å². The quantitative estimate of drug-likeness (QED) is 0.607. The molecule has 0 saturated heterocycles. The molecule has 2 aromatic heterocycles. The number of pyridine rings is 1. The van der Waals surface area contributed by atoms with Crippen LogP contribution < -0.4 is 10.1 Å². The van der Waals surface area contributed by atoms with Gasteiger partial charge in [0.05, 0.1) is 30.0 Å². The first kappa shape index (κ1) is 22.5. The first-order valence-electron chi connectivity index (χ1n) is 10.6. The molecule has 2 atom stereocenters. The molecule has 10 nitrogen and oxygen atoms in total. The van der Waals surface area contributed by atoms with Gasteiger partial charge in [-0.1, -0.05) is 18.6 Å². The van der Waals surface area contributed by atoms with Crippen LogP contribution in [0.2, 0.25) is 0 Å². The van der Waals surface area contributed by atoms with E-state index in [9.17, 15) is 14.7 Å². The number of hydrogen-bond acceptors (Lipinski definition) is 7. The van der Waals surface area contributed by atoms with Gasteiger partial charge in [-0.25, -0.2) is 14.5 Å². The second kappa shape index (κ2) is 10.2. The average Bonchev–Trinajstić information content (AvgIpc) is 3.10. The number of carboxylic acids is 1. The highest BCUT2D eigenvalue weighted by molar-refractivity contribution is 5.88. The minimum atomic E-state index is -0.769. The Morgan fingerprint density at radius 1 is 1.32 bits per heavy atom. The third-order valence-corrected chi connectivity index (χ3v) is 5.33. The molecule has 0 spiro atoms. The zero-order valence-electron chi connectivity index (χ0n) is 18.1. The van der Waals surface area contributed by atoms with Crippen LogP contribution in [0.3, 0.4) is 0 Å². The second-order valence-electron chi connectivity index (χ2n) is 7.75. The van der Waals surface area contributed by atoms with Gasteiger partial charge in [0, 0.05) is 7.05 Å². The summed E-state index contributed by atoms with van der Waals surface area (Å²) in [6, 6.07) is 3.54. The Bertz CT molecular complexity index is 929. The molecule has 1 aliphatic rings. The number of carboxylic acid groups (broad SMARTS) is 1. The molecular formula is C21H29N5O5. The lowest BCUT2D eigenvalue weighted by Gasteiger charge is -2.27. The predicted molar refractivity (Wildman–Crippen MR) is 113 cm³/mol. The van der Waals surface area contributed by atoms with Crippen LogP contribution in [0, 0.1) is 12.8 Å². The standard InChI is InChI=1S/C21H29N5O5/c1-4-5-11-30-21(29)23-19-18(24-25-26(19)3)16-9-10-17(13(2)22-16)31-15-8-6-7-14(12-15)20(27)28/h9-10,14-15H,4-8,11-12H2,1-3H3,(H,23,29)(H,27,28)/t14-,15-/m0/s1. The molecule has 0 aliphatic heterocycles. The first-order valence-corrected chi connectivity index (χ1v) is 10.6. The highest BCUT2D eigenvalue weighted by Crippen LogP contribution is 2.31. The Hall–Kier alpha value is -3.17. The van der Waals surface area contributed by atoms with Crippen LogP contribution >= 0.6 is 0 Å². The number of hydrogen-bond donors (Lipinski definition) is 2. The molecule has 2 N–H and O–H groups in total. The number of nitrogens with zero attached hydrogens (tertiary/aromatic N) is 4. The number of carbonyl (C=O) groups excluding carboxylic acids is 1. The Balaban J connectivity index is 1.71. The van der Waals surface area contributed by atoms with E-state index in [1.165, 1.54) is 4.68 Å². The third-order valence-electron chi connectivity index (χ3n) is 5.33. The van der Waals surface area contributed by atoms with Gasteiger partial charge in [-0.2, -0.15) is 0 Å².